The predicted molar refractivity (Wildman–Crippen MR) is 117 cm³/mol. The van der Waals surface area contributed by atoms with Crippen molar-refractivity contribution in [3.8, 4) is 11.5 Å². The van der Waals surface area contributed by atoms with Crippen molar-refractivity contribution in [1.82, 2.24) is 10.3 Å². The van der Waals surface area contributed by atoms with Gasteiger partial charge < -0.3 is 14.8 Å². The molecule has 0 saturated carbocycles. The molecule has 2 aromatic carbocycles. The zero-order chi connectivity index (χ0) is 21.3. The molecule has 1 amide bonds. The number of methoxy groups -OCH3 is 2. The number of amides is 1. The summed E-state index contributed by atoms with van der Waals surface area (Å²) in [4.78, 5) is 21.3. The molecule has 0 radical (unpaired) electrons. The zero-order valence-corrected chi connectivity index (χ0v) is 17.3. The molecule has 3 rings (SSSR count). The minimum atomic E-state index is -0.320. The van der Waals surface area contributed by atoms with Crippen molar-refractivity contribution in [3.63, 3.8) is 0 Å². The second-order valence-corrected chi connectivity index (χ2v) is 6.65. The SMILES string of the molecule is COc1cc(NC(=NCc2cccnc2)NC(=O)c2ccc(Cl)cc2)cc(OC)c1. The number of hydrogen-bond acceptors (Lipinski definition) is 5. The maximum Gasteiger partial charge on any atom is 0.257 e. The van der Waals surface area contributed by atoms with Gasteiger partial charge in [-0.05, 0) is 35.9 Å². The lowest BCUT2D eigenvalue weighted by atomic mass is 10.2. The highest BCUT2D eigenvalue weighted by molar-refractivity contribution is 6.30. The summed E-state index contributed by atoms with van der Waals surface area (Å²) in [5, 5.41) is 6.48. The summed E-state index contributed by atoms with van der Waals surface area (Å²) in [6.07, 6.45) is 3.41. The fourth-order valence-electron chi connectivity index (χ4n) is 2.57. The zero-order valence-electron chi connectivity index (χ0n) is 16.6. The fourth-order valence-corrected chi connectivity index (χ4v) is 2.70. The first-order valence-corrected chi connectivity index (χ1v) is 9.45. The van der Waals surface area contributed by atoms with E-state index in [0.717, 1.165) is 5.56 Å². The van der Waals surface area contributed by atoms with Crippen molar-refractivity contribution >= 4 is 29.2 Å². The highest BCUT2D eigenvalue weighted by atomic mass is 35.5. The number of hydrogen-bond donors (Lipinski definition) is 2. The number of carbonyl (C=O) groups excluding carboxylic acids is 1. The molecule has 0 unspecified atom stereocenters. The van der Waals surface area contributed by atoms with Crippen LogP contribution < -0.4 is 20.1 Å². The molecule has 0 atom stereocenters. The van der Waals surface area contributed by atoms with Crippen LogP contribution in [0.15, 0.2) is 72.0 Å². The monoisotopic (exact) mass is 424 g/mol. The van der Waals surface area contributed by atoms with Gasteiger partial charge in [0.15, 0.2) is 0 Å². The number of rotatable bonds is 6. The van der Waals surface area contributed by atoms with E-state index < -0.39 is 0 Å². The Morgan fingerprint density at radius 2 is 1.77 bits per heavy atom. The molecule has 7 nitrogen and oxygen atoms in total. The Labute approximate surface area is 179 Å². The second kappa shape index (κ2) is 10.3. The quantitative estimate of drug-likeness (QED) is 0.458. The fraction of sp³-hybridized carbons (Fsp3) is 0.136. The Kier molecular flexibility index (Phi) is 7.24. The van der Waals surface area contributed by atoms with Gasteiger partial charge in [-0.25, -0.2) is 4.99 Å². The standard InChI is InChI=1S/C22H21ClN4O3/c1-29-19-10-18(11-20(12-19)30-2)26-22(25-14-15-4-3-9-24-13-15)27-21(28)16-5-7-17(23)8-6-16/h3-13H,14H2,1-2H3,(H2,25,26,27,28). The van der Waals surface area contributed by atoms with Crippen LogP contribution in [0.1, 0.15) is 15.9 Å². The van der Waals surface area contributed by atoms with Gasteiger partial charge in [0.05, 0.1) is 20.8 Å². The third kappa shape index (κ3) is 5.96. The van der Waals surface area contributed by atoms with E-state index in [1.54, 1.807) is 69.1 Å². The Hall–Kier alpha value is -3.58. The summed E-state index contributed by atoms with van der Waals surface area (Å²) in [5.41, 5.74) is 2.01. The van der Waals surface area contributed by atoms with Crippen LogP contribution in [0.3, 0.4) is 0 Å². The average molecular weight is 425 g/mol. The Morgan fingerprint density at radius 1 is 1.07 bits per heavy atom. The number of aliphatic imine (C=N–C) groups is 1. The van der Waals surface area contributed by atoms with E-state index in [1.165, 1.54) is 0 Å². The van der Waals surface area contributed by atoms with Gasteiger partial charge in [0.2, 0.25) is 5.96 Å². The van der Waals surface area contributed by atoms with Gasteiger partial charge >= 0.3 is 0 Å². The predicted octanol–water partition coefficient (Wildman–Crippen LogP) is 4.15. The van der Waals surface area contributed by atoms with Crippen molar-refractivity contribution in [1.29, 1.82) is 0 Å². The molecule has 2 N–H and O–H groups in total. The van der Waals surface area contributed by atoms with E-state index in [9.17, 15) is 4.79 Å². The van der Waals surface area contributed by atoms with Crippen molar-refractivity contribution in [2.75, 3.05) is 19.5 Å². The number of benzene rings is 2. The first-order chi connectivity index (χ1) is 14.6. The molecule has 1 heterocycles. The lowest BCUT2D eigenvalue weighted by Crippen LogP contribution is -2.36. The van der Waals surface area contributed by atoms with Crippen LogP contribution >= 0.6 is 11.6 Å². The van der Waals surface area contributed by atoms with Gasteiger partial charge in [0, 0.05) is 46.9 Å². The summed E-state index contributed by atoms with van der Waals surface area (Å²) in [6, 6.07) is 15.6. The highest BCUT2D eigenvalue weighted by Crippen LogP contribution is 2.25. The first-order valence-electron chi connectivity index (χ1n) is 9.08. The molecule has 0 aliphatic heterocycles. The number of nitrogens with one attached hydrogen (secondary N) is 2. The maximum absolute atomic E-state index is 12.7. The number of guanidine groups is 1. The summed E-state index contributed by atoms with van der Waals surface area (Å²) in [7, 11) is 3.14. The molecule has 0 fully saturated rings. The Bertz CT molecular complexity index is 1000. The van der Waals surface area contributed by atoms with Gasteiger partial charge in [-0.3, -0.25) is 15.1 Å². The van der Waals surface area contributed by atoms with Crippen LogP contribution in [0, 0.1) is 0 Å². The molecular weight excluding hydrogens is 404 g/mol. The molecule has 8 heteroatoms. The van der Waals surface area contributed by atoms with E-state index in [4.69, 9.17) is 21.1 Å². The van der Waals surface area contributed by atoms with Crippen LogP contribution in [0.2, 0.25) is 5.02 Å². The van der Waals surface area contributed by atoms with Gasteiger partial charge in [-0.1, -0.05) is 17.7 Å². The van der Waals surface area contributed by atoms with Crippen LogP contribution in [-0.2, 0) is 6.54 Å². The number of ether oxygens (including phenoxy) is 2. The van der Waals surface area contributed by atoms with E-state index in [0.29, 0.717) is 34.3 Å². The lowest BCUT2D eigenvalue weighted by molar-refractivity contribution is 0.0977. The number of nitrogens with zero attached hydrogens (tertiary/aromatic N) is 2. The number of aromatic nitrogens is 1. The van der Waals surface area contributed by atoms with Crippen LogP contribution in [-0.4, -0.2) is 31.1 Å². The van der Waals surface area contributed by atoms with E-state index in [2.05, 4.69) is 20.6 Å². The average Bonchev–Trinajstić information content (AvgIpc) is 2.78. The van der Waals surface area contributed by atoms with Gasteiger partial charge in [0.1, 0.15) is 11.5 Å². The number of pyridine rings is 1. The summed E-state index contributed by atoms with van der Waals surface area (Å²) in [6.45, 7) is 0.332. The van der Waals surface area contributed by atoms with Gasteiger partial charge in [0.25, 0.3) is 5.91 Å². The van der Waals surface area contributed by atoms with Crippen molar-refractivity contribution in [2.24, 2.45) is 4.99 Å². The normalized spacial score (nSPS) is 11.0. The molecule has 0 aliphatic rings. The van der Waals surface area contributed by atoms with Gasteiger partial charge in [-0.15, -0.1) is 0 Å². The van der Waals surface area contributed by atoms with E-state index >= 15 is 0 Å². The minimum Gasteiger partial charge on any atom is -0.497 e. The maximum atomic E-state index is 12.7. The number of halogens is 1. The lowest BCUT2D eigenvalue weighted by Gasteiger charge is -2.14. The molecule has 3 aromatic rings. The third-order valence-electron chi connectivity index (χ3n) is 4.10. The summed E-state index contributed by atoms with van der Waals surface area (Å²) < 4.78 is 10.6. The largest absolute Gasteiger partial charge is 0.497 e. The van der Waals surface area contributed by atoms with Crippen molar-refractivity contribution in [3.05, 3.63) is 83.1 Å². The molecular formula is C22H21ClN4O3. The Morgan fingerprint density at radius 3 is 2.37 bits per heavy atom. The molecule has 0 saturated heterocycles. The molecule has 0 aliphatic carbocycles. The van der Waals surface area contributed by atoms with Crippen LogP contribution in [0.4, 0.5) is 5.69 Å². The smallest absolute Gasteiger partial charge is 0.257 e. The first kappa shape index (κ1) is 21.1. The molecule has 0 spiro atoms. The molecule has 0 bridgehead atoms. The Balaban J connectivity index is 1.85. The van der Waals surface area contributed by atoms with Gasteiger partial charge in [-0.2, -0.15) is 0 Å². The highest BCUT2D eigenvalue weighted by Gasteiger charge is 2.11. The number of anilines is 1. The topological polar surface area (TPSA) is 84.8 Å². The van der Waals surface area contributed by atoms with Crippen molar-refractivity contribution < 1.29 is 14.3 Å². The van der Waals surface area contributed by atoms with E-state index in [-0.39, 0.29) is 11.9 Å². The molecule has 30 heavy (non-hydrogen) atoms. The second-order valence-electron chi connectivity index (χ2n) is 6.21. The minimum absolute atomic E-state index is 0.272. The van der Waals surface area contributed by atoms with Crippen molar-refractivity contribution in [2.45, 2.75) is 6.54 Å². The third-order valence-corrected chi connectivity index (χ3v) is 4.35. The molecule has 154 valence electrons. The molecule has 1 aromatic heterocycles. The van der Waals surface area contributed by atoms with Crippen LogP contribution in [0.5, 0.6) is 11.5 Å². The number of carbonyl (C=O) groups is 1. The summed E-state index contributed by atoms with van der Waals surface area (Å²) in [5.74, 6) is 1.16. The van der Waals surface area contributed by atoms with E-state index in [1.807, 2.05) is 12.1 Å². The van der Waals surface area contributed by atoms with Crippen LogP contribution in [0.25, 0.3) is 0 Å². The summed E-state index contributed by atoms with van der Waals surface area (Å²) >= 11 is 5.91.